The molecule has 140 valence electrons. The largest absolute Gasteiger partial charge is 0.493 e. The second kappa shape index (κ2) is 9.70. The monoisotopic (exact) mass is 355 g/mol. The molecule has 0 radical (unpaired) electrons. The Labute approximate surface area is 156 Å². The molecule has 0 amide bonds. The Balaban J connectivity index is 1.91. The number of aryl methyl sites for hydroxylation is 1. The minimum atomic E-state index is 0.750. The molecule has 5 nitrogen and oxygen atoms in total. The van der Waals surface area contributed by atoms with Crippen LogP contribution in [0.5, 0.6) is 11.5 Å². The number of methoxy groups -OCH3 is 2. The fourth-order valence-corrected chi connectivity index (χ4v) is 2.83. The van der Waals surface area contributed by atoms with Gasteiger partial charge in [-0.1, -0.05) is 35.9 Å². The molecule has 0 aromatic heterocycles. The molecule has 0 heterocycles. The second-order valence-electron chi connectivity index (χ2n) is 6.25. The lowest BCUT2D eigenvalue weighted by Crippen LogP contribution is -2.39. The summed E-state index contributed by atoms with van der Waals surface area (Å²) in [6.07, 6.45) is 0.891. The van der Waals surface area contributed by atoms with Crippen molar-refractivity contribution >= 4 is 5.96 Å². The van der Waals surface area contributed by atoms with Crippen molar-refractivity contribution in [3.05, 3.63) is 59.2 Å². The fraction of sp³-hybridized carbons (Fsp3) is 0.381. The van der Waals surface area contributed by atoms with Gasteiger partial charge in [0.15, 0.2) is 17.5 Å². The average Bonchev–Trinajstić information content (AvgIpc) is 2.66. The number of ether oxygens (including phenoxy) is 2. The number of nitrogens with zero attached hydrogens (tertiary/aromatic N) is 2. The lowest BCUT2D eigenvalue weighted by Gasteiger charge is -2.22. The highest BCUT2D eigenvalue weighted by atomic mass is 16.5. The van der Waals surface area contributed by atoms with Gasteiger partial charge in [-0.3, -0.25) is 4.99 Å². The Morgan fingerprint density at radius 3 is 2.46 bits per heavy atom. The van der Waals surface area contributed by atoms with Crippen molar-refractivity contribution in [2.75, 3.05) is 34.9 Å². The van der Waals surface area contributed by atoms with Crippen molar-refractivity contribution in [1.82, 2.24) is 10.2 Å². The first kappa shape index (κ1) is 19.6. The molecule has 0 spiro atoms. The van der Waals surface area contributed by atoms with E-state index in [4.69, 9.17) is 9.47 Å². The molecule has 0 unspecified atom stereocenters. The standard InChI is InChI=1S/C21H29N3O2/c1-16-7-6-8-18(13-16)15-23-21(22-2)24(3)12-11-17-9-10-19(25-4)20(14-17)26-5/h6-10,13-14H,11-12,15H2,1-5H3,(H,22,23). The average molecular weight is 355 g/mol. The molecule has 0 aliphatic carbocycles. The van der Waals surface area contributed by atoms with Gasteiger partial charge in [-0.2, -0.15) is 0 Å². The van der Waals surface area contributed by atoms with Gasteiger partial charge in [-0.25, -0.2) is 0 Å². The van der Waals surface area contributed by atoms with Crippen LogP contribution in [0.3, 0.4) is 0 Å². The zero-order valence-electron chi connectivity index (χ0n) is 16.4. The van der Waals surface area contributed by atoms with Gasteiger partial charge in [-0.05, 0) is 36.6 Å². The van der Waals surface area contributed by atoms with Gasteiger partial charge in [0, 0.05) is 27.2 Å². The van der Waals surface area contributed by atoms with Gasteiger partial charge in [0.1, 0.15) is 0 Å². The number of likely N-dealkylation sites (N-methyl/N-ethyl adjacent to an activating group) is 1. The second-order valence-corrected chi connectivity index (χ2v) is 6.25. The van der Waals surface area contributed by atoms with E-state index in [0.717, 1.165) is 37.0 Å². The van der Waals surface area contributed by atoms with E-state index < -0.39 is 0 Å². The summed E-state index contributed by atoms with van der Waals surface area (Å²) >= 11 is 0. The van der Waals surface area contributed by atoms with Gasteiger partial charge in [0.05, 0.1) is 14.2 Å². The molecule has 0 aliphatic heterocycles. The molecule has 2 aromatic carbocycles. The Morgan fingerprint density at radius 2 is 1.81 bits per heavy atom. The molecule has 2 aromatic rings. The van der Waals surface area contributed by atoms with Gasteiger partial charge < -0.3 is 19.7 Å². The maximum Gasteiger partial charge on any atom is 0.193 e. The molecule has 0 fully saturated rings. The first-order valence-electron chi connectivity index (χ1n) is 8.75. The van der Waals surface area contributed by atoms with E-state index in [-0.39, 0.29) is 0 Å². The maximum atomic E-state index is 5.37. The van der Waals surface area contributed by atoms with E-state index in [9.17, 15) is 0 Å². The minimum absolute atomic E-state index is 0.750. The zero-order valence-corrected chi connectivity index (χ0v) is 16.4. The maximum absolute atomic E-state index is 5.37. The van der Waals surface area contributed by atoms with Crippen molar-refractivity contribution in [3.63, 3.8) is 0 Å². The lowest BCUT2D eigenvalue weighted by molar-refractivity contribution is 0.354. The van der Waals surface area contributed by atoms with Crippen LogP contribution in [0.15, 0.2) is 47.5 Å². The van der Waals surface area contributed by atoms with Gasteiger partial charge in [0.2, 0.25) is 0 Å². The van der Waals surface area contributed by atoms with Crippen LogP contribution >= 0.6 is 0 Å². The Bertz CT molecular complexity index is 744. The number of rotatable bonds is 7. The number of nitrogens with one attached hydrogen (secondary N) is 1. The van der Waals surface area contributed by atoms with E-state index in [1.54, 1.807) is 14.2 Å². The predicted molar refractivity (Wildman–Crippen MR) is 107 cm³/mol. The van der Waals surface area contributed by atoms with Crippen molar-refractivity contribution < 1.29 is 9.47 Å². The minimum Gasteiger partial charge on any atom is -0.493 e. The van der Waals surface area contributed by atoms with Crippen molar-refractivity contribution in [1.29, 1.82) is 0 Å². The molecular formula is C21H29N3O2. The summed E-state index contributed by atoms with van der Waals surface area (Å²) in [6.45, 7) is 3.71. The van der Waals surface area contributed by atoms with E-state index in [1.807, 2.05) is 26.2 Å². The summed E-state index contributed by atoms with van der Waals surface area (Å²) in [4.78, 5) is 6.52. The van der Waals surface area contributed by atoms with Crippen LogP contribution in [0.1, 0.15) is 16.7 Å². The predicted octanol–water partition coefficient (Wildman–Crippen LogP) is 3.26. The molecule has 2 rings (SSSR count). The fourth-order valence-electron chi connectivity index (χ4n) is 2.83. The van der Waals surface area contributed by atoms with Crippen LogP contribution in [-0.2, 0) is 13.0 Å². The Kier molecular flexibility index (Phi) is 7.33. The van der Waals surface area contributed by atoms with Crippen LogP contribution in [0, 0.1) is 6.92 Å². The molecular weight excluding hydrogens is 326 g/mol. The molecule has 0 atom stereocenters. The van der Waals surface area contributed by atoms with Crippen molar-refractivity contribution in [2.24, 2.45) is 4.99 Å². The van der Waals surface area contributed by atoms with Gasteiger partial charge in [0.25, 0.3) is 0 Å². The van der Waals surface area contributed by atoms with Crippen LogP contribution in [0.4, 0.5) is 0 Å². The topological polar surface area (TPSA) is 46.1 Å². The third kappa shape index (κ3) is 5.41. The highest BCUT2D eigenvalue weighted by Crippen LogP contribution is 2.27. The van der Waals surface area contributed by atoms with E-state index in [1.165, 1.54) is 16.7 Å². The van der Waals surface area contributed by atoms with Crippen molar-refractivity contribution in [3.8, 4) is 11.5 Å². The van der Waals surface area contributed by atoms with E-state index >= 15 is 0 Å². The molecule has 0 aliphatic rings. The Morgan fingerprint density at radius 1 is 1.04 bits per heavy atom. The number of hydrogen-bond acceptors (Lipinski definition) is 3. The molecule has 26 heavy (non-hydrogen) atoms. The van der Waals surface area contributed by atoms with Gasteiger partial charge in [-0.15, -0.1) is 0 Å². The number of aliphatic imine (C=N–C) groups is 1. The quantitative estimate of drug-likeness (QED) is 0.612. The zero-order chi connectivity index (χ0) is 18.9. The number of benzene rings is 2. The highest BCUT2D eigenvalue weighted by Gasteiger charge is 2.08. The summed E-state index contributed by atoms with van der Waals surface area (Å²) < 4.78 is 10.7. The van der Waals surface area contributed by atoms with Crippen molar-refractivity contribution in [2.45, 2.75) is 19.9 Å². The third-order valence-corrected chi connectivity index (χ3v) is 4.29. The first-order chi connectivity index (χ1) is 12.6. The third-order valence-electron chi connectivity index (χ3n) is 4.29. The van der Waals surface area contributed by atoms with Crippen LogP contribution in [0.2, 0.25) is 0 Å². The number of guanidine groups is 1. The molecule has 0 saturated carbocycles. The van der Waals surface area contributed by atoms with Crippen LogP contribution < -0.4 is 14.8 Å². The van der Waals surface area contributed by atoms with Crippen LogP contribution in [-0.4, -0.2) is 45.7 Å². The molecule has 5 heteroatoms. The summed E-state index contributed by atoms with van der Waals surface area (Å²) in [5.74, 6) is 2.39. The Hall–Kier alpha value is -2.69. The first-order valence-corrected chi connectivity index (χ1v) is 8.75. The summed E-state index contributed by atoms with van der Waals surface area (Å²) in [7, 11) is 7.16. The van der Waals surface area contributed by atoms with E-state index in [2.05, 4.69) is 52.5 Å². The molecule has 0 bridgehead atoms. The summed E-state index contributed by atoms with van der Waals surface area (Å²) in [5, 5.41) is 3.42. The molecule has 1 N–H and O–H groups in total. The highest BCUT2D eigenvalue weighted by molar-refractivity contribution is 5.79. The summed E-state index contributed by atoms with van der Waals surface area (Å²) in [6, 6.07) is 14.5. The SMILES string of the molecule is CN=C(NCc1cccc(C)c1)N(C)CCc1ccc(OC)c(OC)c1. The normalized spacial score (nSPS) is 11.2. The molecule has 0 saturated heterocycles. The van der Waals surface area contributed by atoms with E-state index in [0.29, 0.717) is 0 Å². The van der Waals surface area contributed by atoms with Crippen LogP contribution in [0.25, 0.3) is 0 Å². The smallest absolute Gasteiger partial charge is 0.193 e. The lowest BCUT2D eigenvalue weighted by atomic mass is 10.1. The number of hydrogen-bond donors (Lipinski definition) is 1. The summed E-state index contributed by atoms with van der Waals surface area (Å²) in [5.41, 5.74) is 3.71. The van der Waals surface area contributed by atoms with Gasteiger partial charge >= 0.3 is 0 Å².